The van der Waals surface area contributed by atoms with Crippen LogP contribution in [-0.4, -0.2) is 35.9 Å². The van der Waals surface area contributed by atoms with Gasteiger partial charge in [0.2, 0.25) is 0 Å². The summed E-state index contributed by atoms with van der Waals surface area (Å²) in [5.74, 6) is 1.22. The van der Waals surface area contributed by atoms with Crippen molar-refractivity contribution in [2.45, 2.75) is 39.0 Å². The Morgan fingerprint density at radius 1 is 1.09 bits per heavy atom. The lowest BCUT2D eigenvalue weighted by molar-refractivity contribution is -0.0265. The molecule has 1 fully saturated rings. The smallest absolute Gasteiger partial charge is 0.191 e. The number of aromatic nitrogens is 2. The minimum Gasteiger partial charge on any atom is -0.373 e. The summed E-state index contributed by atoms with van der Waals surface area (Å²) in [4.78, 5) is 4.40. The molecular formula is C26H33N5O. The molecular weight excluding hydrogens is 398 g/mol. The van der Waals surface area contributed by atoms with Gasteiger partial charge < -0.3 is 15.4 Å². The van der Waals surface area contributed by atoms with Crippen molar-refractivity contribution in [3.8, 4) is 0 Å². The second-order valence-electron chi connectivity index (χ2n) is 8.44. The van der Waals surface area contributed by atoms with Crippen LogP contribution in [0.25, 0.3) is 0 Å². The number of guanidine groups is 1. The lowest BCUT2D eigenvalue weighted by atomic mass is 9.89. The monoisotopic (exact) mass is 431 g/mol. The number of hydrogen-bond donors (Lipinski definition) is 2. The Morgan fingerprint density at radius 2 is 1.91 bits per heavy atom. The molecule has 2 unspecified atom stereocenters. The van der Waals surface area contributed by atoms with Crippen molar-refractivity contribution < 1.29 is 4.74 Å². The summed E-state index contributed by atoms with van der Waals surface area (Å²) < 4.78 is 8.12. The summed E-state index contributed by atoms with van der Waals surface area (Å²) in [6.45, 7) is 5.22. The lowest BCUT2D eigenvalue weighted by Crippen LogP contribution is -2.41. The van der Waals surface area contributed by atoms with Gasteiger partial charge in [-0.1, -0.05) is 60.2 Å². The van der Waals surface area contributed by atoms with Crippen LogP contribution in [-0.2, 0) is 17.8 Å². The van der Waals surface area contributed by atoms with E-state index in [9.17, 15) is 0 Å². The normalized spacial score (nSPS) is 19.0. The summed E-state index contributed by atoms with van der Waals surface area (Å²) >= 11 is 0. The number of aryl methyl sites for hydroxylation is 1. The molecule has 0 saturated carbocycles. The summed E-state index contributed by atoms with van der Waals surface area (Å²) in [6, 6.07) is 19.1. The summed E-state index contributed by atoms with van der Waals surface area (Å²) in [5, 5.41) is 11.4. The molecule has 2 aromatic carbocycles. The van der Waals surface area contributed by atoms with Crippen LogP contribution in [0.2, 0.25) is 0 Å². The van der Waals surface area contributed by atoms with Gasteiger partial charge in [-0.25, -0.2) is 0 Å². The standard InChI is InChI=1S/C26H33N5O/c1-20-10-12-23(13-11-20)25-24(9-6-14-32-25)17-29-26(27-2)28-15-22-16-30-31(19-22)18-21-7-4-3-5-8-21/h3-5,7-8,10-13,16,19,24-25H,6,9,14-15,17-18H2,1-2H3,(H2,27,28,29). The Bertz CT molecular complexity index is 997. The molecule has 0 amide bonds. The first-order valence-electron chi connectivity index (χ1n) is 11.4. The van der Waals surface area contributed by atoms with Crippen molar-refractivity contribution >= 4 is 5.96 Å². The van der Waals surface area contributed by atoms with Crippen LogP contribution in [0.15, 0.2) is 72.0 Å². The number of ether oxygens (including phenoxy) is 1. The van der Waals surface area contributed by atoms with Crippen LogP contribution in [0, 0.1) is 12.8 Å². The molecule has 1 aromatic heterocycles. The summed E-state index contributed by atoms with van der Waals surface area (Å²) in [5.41, 5.74) is 4.90. The average molecular weight is 432 g/mol. The molecule has 0 radical (unpaired) electrons. The van der Waals surface area contributed by atoms with E-state index >= 15 is 0 Å². The van der Waals surface area contributed by atoms with E-state index in [1.165, 1.54) is 16.7 Å². The highest BCUT2D eigenvalue weighted by Crippen LogP contribution is 2.33. The van der Waals surface area contributed by atoms with Gasteiger partial charge in [-0.2, -0.15) is 5.10 Å². The molecule has 1 saturated heterocycles. The zero-order valence-electron chi connectivity index (χ0n) is 19.0. The van der Waals surface area contributed by atoms with Gasteiger partial charge in [-0.3, -0.25) is 9.67 Å². The highest BCUT2D eigenvalue weighted by atomic mass is 16.5. The van der Waals surface area contributed by atoms with Gasteiger partial charge in [0.15, 0.2) is 5.96 Å². The molecule has 6 nitrogen and oxygen atoms in total. The second-order valence-corrected chi connectivity index (χ2v) is 8.44. The van der Waals surface area contributed by atoms with E-state index in [2.05, 4.69) is 82.4 Å². The molecule has 6 heteroatoms. The number of nitrogens with one attached hydrogen (secondary N) is 2. The van der Waals surface area contributed by atoms with E-state index in [1.807, 2.05) is 24.0 Å². The molecule has 4 rings (SSSR count). The van der Waals surface area contributed by atoms with E-state index in [4.69, 9.17) is 4.74 Å². The summed E-state index contributed by atoms with van der Waals surface area (Å²) in [7, 11) is 1.81. The quantitative estimate of drug-likeness (QED) is 0.437. The van der Waals surface area contributed by atoms with Crippen LogP contribution in [0.4, 0.5) is 0 Å². The van der Waals surface area contributed by atoms with Crippen molar-refractivity contribution in [3.63, 3.8) is 0 Å². The molecule has 2 atom stereocenters. The number of aliphatic imine (C=N–C) groups is 1. The molecule has 1 aliphatic rings. The van der Waals surface area contributed by atoms with E-state index in [-0.39, 0.29) is 6.10 Å². The highest BCUT2D eigenvalue weighted by molar-refractivity contribution is 5.79. The molecule has 0 aliphatic carbocycles. The first-order valence-corrected chi connectivity index (χ1v) is 11.4. The second kappa shape index (κ2) is 11.0. The van der Waals surface area contributed by atoms with E-state index in [0.717, 1.165) is 44.1 Å². The predicted molar refractivity (Wildman–Crippen MR) is 129 cm³/mol. The van der Waals surface area contributed by atoms with Gasteiger partial charge >= 0.3 is 0 Å². The molecule has 0 spiro atoms. The largest absolute Gasteiger partial charge is 0.373 e. The van der Waals surface area contributed by atoms with Crippen molar-refractivity contribution in [2.24, 2.45) is 10.9 Å². The van der Waals surface area contributed by atoms with Crippen molar-refractivity contribution in [1.82, 2.24) is 20.4 Å². The summed E-state index contributed by atoms with van der Waals surface area (Å²) in [6.07, 6.45) is 6.36. The first-order chi connectivity index (χ1) is 15.7. The van der Waals surface area contributed by atoms with Gasteiger partial charge in [-0.15, -0.1) is 0 Å². The van der Waals surface area contributed by atoms with Crippen LogP contribution in [0.3, 0.4) is 0 Å². The lowest BCUT2D eigenvalue weighted by Gasteiger charge is -2.32. The van der Waals surface area contributed by atoms with Gasteiger partial charge in [0, 0.05) is 44.4 Å². The Kier molecular flexibility index (Phi) is 7.56. The van der Waals surface area contributed by atoms with Crippen LogP contribution >= 0.6 is 0 Å². The number of hydrogen-bond acceptors (Lipinski definition) is 3. The third-order valence-corrected chi connectivity index (χ3v) is 5.94. The minimum atomic E-state index is 0.131. The van der Waals surface area contributed by atoms with Gasteiger partial charge in [-0.05, 0) is 30.9 Å². The van der Waals surface area contributed by atoms with Crippen LogP contribution < -0.4 is 10.6 Å². The Labute approximate surface area is 190 Å². The average Bonchev–Trinajstić information content (AvgIpc) is 3.28. The maximum Gasteiger partial charge on any atom is 0.191 e. The molecule has 168 valence electrons. The Hall–Kier alpha value is -3.12. The molecule has 3 aromatic rings. The number of benzene rings is 2. The SMILES string of the molecule is CN=C(NCc1cnn(Cc2ccccc2)c1)NCC1CCCOC1c1ccc(C)cc1. The molecule has 2 heterocycles. The fourth-order valence-electron chi connectivity index (χ4n) is 4.17. The van der Waals surface area contributed by atoms with E-state index in [0.29, 0.717) is 12.5 Å². The van der Waals surface area contributed by atoms with E-state index < -0.39 is 0 Å². The third kappa shape index (κ3) is 5.98. The number of nitrogens with zero attached hydrogens (tertiary/aromatic N) is 3. The predicted octanol–water partition coefficient (Wildman–Crippen LogP) is 4.07. The maximum absolute atomic E-state index is 6.15. The molecule has 2 N–H and O–H groups in total. The van der Waals surface area contributed by atoms with Gasteiger partial charge in [0.1, 0.15) is 0 Å². The maximum atomic E-state index is 6.15. The topological polar surface area (TPSA) is 63.5 Å². The molecule has 32 heavy (non-hydrogen) atoms. The third-order valence-electron chi connectivity index (χ3n) is 5.94. The van der Waals surface area contributed by atoms with Crippen LogP contribution in [0.1, 0.15) is 41.2 Å². The van der Waals surface area contributed by atoms with Crippen LogP contribution in [0.5, 0.6) is 0 Å². The zero-order valence-corrected chi connectivity index (χ0v) is 19.0. The Morgan fingerprint density at radius 3 is 2.69 bits per heavy atom. The van der Waals surface area contributed by atoms with Crippen molar-refractivity contribution in [2.75, 3.05) is 20.2 Å². The zero-order chi connectivity index (χ0) is 22.2. The highest BCUT2D eigenvalue weighted by Gasteiger charge is 2.27. The first kappa shape index (κ1) is 22.1. The fraction of sp³-hybridized carbons (Fsp3) is 0.385. The Balaban J connectivity index is 1.28. The molecule has 0 bridgehead atoms. The molecule has 1 aliphatic heterocycles. The van der Waals surface area contributed by atoms with Crippen molar-refractivity contribution in [1.29, 1.82) is 0 Å². The number of rotatable bonds is 7. The van der Waals surface area contributed by atoms with Gasteiger partial charge in [0.25, 0.3) is 0 Å². The fourth-order valence-corrected chi connectivity index (χ4v) is 4.17. The van der Waals surface area contributed by atoms with Gasteiger partial charge in [0.05, 0.1) is 18.8 Å². The minimum absolute atomic E-state index is 0.131. The van der Waals surface area contributed by atoms with Crippen molar-refractivity contribution in [3.05, 3.63) is 89.2 Å². The van der Waals surface area contributed by atoms with E-state index in [1.54, 1.807) is 0 Å².